The number of carbonyl (C=O) groups is 2. The lowest BCUT2D eigenvalue weighted by atomic mass is 9.88. The number of oxazole rings is 1. The van der Waals surface area contributed by atoms with E-state index in [1.165, 1.54) is 12.8 Å². The summed E-state index contributed by atoms with van der Waals surface area (Å²) in [4.78, 5) is 31.5. The zero-order valence-electron chi connectivity index (χ0n) is 16.5. The van der Waals surface area contributed by atoms with E-state index in [0.29, 0.717) is 22.9 Å². The third kappa shape index (κ3) is 3.79. The number of amides is 1. The molecular formula is C22H25N3O4. The van der Waals surface area contributed by atoms with Crippen LogP contribution in [0.15, 0.2) is 28.8 Å². The van der Waals surface area contributed by atoms with Gasteiger partial charge in [0, 0.05) is 17.4 Å². The van der Waals surface area contributed by atoms with Crippen molar-refractivity contribution in [1.82, 2.24) is 9.88 Å². The van der Waals surface area contributed by atoms with Crippen molar-refractivity contribution in [3.8, 4) is 5.75 Å². The first-order valence-corrected chi connectivity index (χ1v) is 10.4. The molecule has 1 saturated carbocycles. The molecule has 0 bridgehead atoms. The first-order valence-electron chi connectivity index (χ1n) is 10.4. The van der Waals surface area contributed by atoms with Gasteiger partial charge in [0.15, 0.2) is 17.8 Å². The van der Waals surface area contributed by atoms with Gasteiger partial charge in [-0.2, -0.15) is 0 Å². The number of piperidine rings is 1. The number of fused-ring (bicyclic) bond motifs is 1. The van der Waals surface area contributed by atoms with Gasteiger partial charge in [-0.3, -0.25) is 14.5 Å². The lowest BCUT2D eigenvalue weighted by Gasteiger charge is -2.30. The van der Waals surface area contributed by atoms with Crippen LogP contribution in [0.2, 0.25) is 0 Å². The van der Waals surface area contributed by atoms with Gasteiger partial charge in [0.1, 0.15) is 11.5 Å². The number of hydrogen-bond donors (Lipinski definition) is 1. The van der Waals surface area contributed by atoms with Crippen molar-refractivity contribution in [2.24, 2.45) is 5.92 Å². The Balaban J connectivity index is 1.19. The summed E-state index contributed by atoms with van der Waals surface area (Å²) in [5.41, 5.74) is 1.21. The van der Waals surface area contributed by atoms with Crippen LogP contribution in [0.4, 0.5) is 5.69 Å². The highest BCUT2D eigenvalue weighted by atomic mass is 16.5. The number of nitrogens with one attached hydrogen (secondary N) is 1. The second-order valence-electron chi connectivity index (χ2n) is 8.31. The van der Waals surface area contributed by atoms with Gasteiger partial charge < -0.3 is 14.5 Å². The number of carbonyl (C=O) groups excluding carboxylic acids is 2. The Bertz CT molecular complexity index is 941. The molecule has 1 N–H and O–H groups in total. The van der Waals surface area contributed by atoms with Gasteiger partial charge >= 0.3 is 0 Å². The monoisotopic (exact) mass is 395 g/mol. The molecule has 2 aromatic rings. The Hall–Kier alpha value is -2.67. The van der Waals surface area contributed by atoms with Crippen LogP contribution in [-0.4, -0.2) is 40.8 Å². The molecule has 0 spiro atoms. The van der Waals surface area contributed by atoms with E-state index in [2.05, 4.69) is 15.2 Å². The molecule has 7 heteroatoms. The third-order valence-electron chi connectivity index (χ3n) is 6.03. The molecule has 152 valence electrons. The fraction of sp³-hybridized carbons (Fsp3) is 0.500. The molecule has 29 heavy (non-hydrogen) atoms. The minimum absolute atomic E-state index is 0.000171. The molecule has 2 fully saturated rings. The zero-order valence-corrected chi connectivity index (χ0v) is 16.5. The fourth-order valence-electron chi connectivity index (χ4n) is 4.09. The Morgan fingerprint density at radius 3 is 2.79 bits per heavy atom. The summed E-state index contributed by atoms with van der Waals surface area (Å²) in [5, 5.41) is 2.82. The van der Waals surface area contributed by atoms with Gasteiger partial charge in [0.05, 0.1) is 18.4 Å². The number of hydrogen-bond acceptors (Lipinski definition) is 6. The molecular weight excluding hydrogens is 370 g/mol. The highest BCUT2D eigenvalue weighted by molar-refractivity contribution is 6.02. The van der Waals surface area contributed by atoms with Gasteiger partial charge in [-0.1, -0.05) is 0 Å². The van der Waals surface area contributed by atoms with Gasteiger partial charge in [-0.15, -0.1) is 0 Å². The maximum Gasteiger partial charge on any atom is 0.265 e. The minimum Gasteiger partial charge on any atom is -0.479 e. The summed E-state index contributed by atoms with van der Waals surface area (Å²) in [6.45, 7) is 4.17. The number of ether oxygens (including phenoxy) is 1. The van der Waals surface area contributed by atoms with Crippen molar-refractivity contribution in [3.05, 3.63) is 41.6 Å². The summed E-state index contributed by atoms with van der Waals surface area (Å²) >= 11 is 0. The number of anilines is 1. The molecule has 1 aliphatic carbocycles. The Kier molecular flexibility index (Phi) is 4.62. The van der Waals surface area contributed by atoms with Crippen LogP contribution in [0.25, 0.3) is 0 Å². The topological polar surface area (TPSA) is 84.7 Å². The van der Waals surface area contributed by atoms with E-state index in [1.54, 1.807) is 25.1 Å². The smallest absolute Gasteiger partial charge is 0.265 e. The quantitative estimate of drug-likeness (QED) is 0.782. The minimum atomic E-state index is -0.516. The Morgan fingerprint density at radius 2 is 2.03 bits per heavy atom. The lowest BCUT2D eigenvalue weighted by Crippen LogP contribution is -2.36. The molecule has 1 unspecified atom stereocenters. The van der Waals surface area contributed by atoms with Crippen LogP contribution in [0.3, 0.4) is 0 Å². The molecule has 2 aliphatic heterocycles. The molecule has 1 saturated heterocycles. The van der Waals surface area contributed by atoms with E-state index in [-0.39, 0.29) is 17.6 Å². The molecule has 3 aliphatic rings. The molecule has 1 amide bonds. The van der Waals surface area contributed by atoms with Crippen molar-refractivity contribution in [1.29, 1.82) is 0 Å². The van der Waals surface area contributed by atoms with Crippen molar-refractivity contribution in [2.45, 2.75) is 51.2 Å². The number of aromatic nitrogens is 1. The average Bonchev–Trinajstić information content (AvgIpc) is 3.48. The normalized spacial score (nSPS) is 22.7. The molecule has 5 rings (SSSR count). The second kappa shape index (κ2) is 7.30. The highest BCUT2D eigenvalue weighted by Gasteiger charge is 2.30. The van der Waals surface area contributed by atoms with E-state index in [4.69, 9.17) is 9.15 Å². The summed E-state index contributed by atoms with van der Waals surface area (Å²) in [6.07, 6.45) is 5.34. The van der Waals surface area contributed by atoms with Gasteiger partial charge in [0.25, 0.3) is 5.91 Å². The maximum atomic E-state index is 13.0. The van der Waals surface area contributed by atoms with E-state index >= 15 is 0 Å². The van der Waals surface area contributed by atoms with Crippen molar-refractivity contribution in [2.75, 3.05) is 18.4 Å². The summed E-state index contributed by atoms with van der Waals surface area (Å²) in [5.74, 6) is 2.88. The first kappa shape index (κ1) is 18.4. The van der Waals surface area contributed by atoms with Crippen molar-refractivity contribution in [3.63, 3.8) is 0 Å². The van der Waals surface area contributed by atoms with E-state index < -0.39 is 6.10 Å². The number of nitrogens with zero attached hydrogens (tertiary/aromatic N) is 2. The average molecular weight is 395 g/mol. The van der Waals surface area contributed by atoms with Gasteiger partial charge in [0.2, 0.25) is 0 Å². The van der Waals surface area contributed by atoms with Crippen LogP contribution in [0, 0.1) is 5.92 Å². The summed E-state index contributed by atoms with van der Waals surface area (Å²) in [6, 6.07) is 5.31. The second-order valence-corrected chi connectivity index (χ2v) is 8.31. The molecule has 7 nitrogen and oxygen atoms in total. The number of Topliss-reactive ketones (excluding diaryl/α,β-unsaturated/α-hetero) is 1. The van der Waals surface area contributed by atoms with Gasteiger partial charge in [-0.25, -0.2) is 4.98 Å². The van der Waals surface area contributed by atoms with Crippen molar-refractivity contribution >= 4 is 17.4 Å². The molecule has 3 heterocycles. The van der Waals surface area contributed by atoms with Gasteiger partial charge in [-0.05, 0) is 63.9 Å². The van der Waals surface area contributed by atoms with Crippen LogP contribution >= 0.6 is 0 Å². The van der Waals surface area contributed by atoms with Crippen LogP contribution in [0.5, 0.6) is 5.75 Å². The van der Waals surface area contributed by atoms with Crippen LogP contribution in [0.1, 0.15) is 60.5 Å². The molecule has 1 aromatic carbocycles. The standard InChI is InChI=1S/C22H25N3O4/c1-13-21(27)24-18-10-16(4-5-19(18)28-13)20(26)14-6-8-25(9-7-14)12-17-11-23-22(29-17)15-2-3-15/h4-5,10-11,13-15H,2-3,6-9,12H2,1H3,(H,24,27). The van der Waals surface area contributed by atoms with E-state index in [0.717, 1.165) is 44.1 Å². The largest absolute Gasteiger partial charge is 0.479 e. The highest BCUT2D eigenvalue weighted by Crippen LogP contribution is 2.39. The Morgan fingerprint density at radius 1 is 1.24 bits per heavy atom. The number of rotatable bonds is 5. The third-order valence-corrected chi connectivity index (χ3v) is 6.03. The molecule has 0 radical (unpaired) electrons. The number of benzene rings is 1. The molecule has 1 aromatic heterocycles. The predicted octanol–water partition coefficient (Wildman–Crippen LogP) is 3.37. The summed E-state index contributed by atoms with van der Waals surface area (Å²) in [7, 11) is 0. The fourth-order valence-corrected chi connectivity index (χ4v) is 4.09. The van der Waals surface area contributed by atoms with E-state index in [9.17, 15) is 9.59 Å². The number of ketones is 1. The molecule has 1 atom stereocenters. The van der Waals surface area contributed by atoms with Crippen LogP contribution in [-0.2, 0) is 11.3 Å². The Labute approximate surface area is 169 Å². The zero-order chi connectivity index (χ0) is 20.0. The predicted molar refractivity (Wildman–Crippen MR) is 106 cm³/mol. The van der Waals surface area contributed by atoms with E-state index in [1.807, 2.05) is 6.20 Å². The number of likely N-dealkylation sites (tertiary alicyclic amines) is 1. The van der Waals surface area contributed by atoms with Crippen molar-refractivity contribution < 1.29 is 18.7 Å². The SMILES string of the molecule is CC1Oc2ccc(C(=O)C3CCN(Cc4cnc(C5CC5)o4)CC3)cc2NC1=O. The van der Waals surface area contributed by atoms with Crippen LogP contribution < -0.4 is 10.1 Å². The maximum absolute atomic E-state index is 13.0. The first-order chi connectivity index (χ1) is 14.1. The summed E-state index contributed by atoms with van der Waals surface area (Å²) < 4.78 is 11.4. The lowest BCUT2D eigenvalue weighted by molar-refractivity contribution is -0.122.